The molecule has 1 aromatic heterocycles. The predicted octanol–water partition coefficient (Wildman–Crippen LogP) is 3.19. The summed E-state index contributed by atoms with van der Waals surface area (Å²) in [4.78, 5) is 4.17. The highest BCUT2D eigenvalue weighted by molar-refractivity contribution is 6.31. The van der Waals surface area contributed by atoms with Gasteiger partial charge in [-0.1, -0.05) is 24.3 Å². The Labute approximate surface area is 108 Å². The first kappa shape index (κ1) is 14.0. The molecule has 0 saturated carbocycles. The molecule has 0 aliphatic carbocycles. The van der Waals surface area contributed by atoms with Crippen LogP contribution in [0.4, 0.5) is 0 Å². The van der Waals surface area contributed by atoms with Gasteiger partial charge in [0.1, 0.15) is 11.6 Å². The lowest BCUT2D eigenvalue weighted by molar-refractivity contribution is 0.348. The normalized spacial score (nSPS) is 11.3. The number of hydrogen-bond donors (Lipinski definition) is 1. The second kappa shape index (κ2) is 6.03. The van der Waals surface area contributed by atoms with Gasteiger partial charge in [0.25, 0.3) is 0 Å². The Balaban J connectivity index is 2.65. The molecule has 94 valence electrons. The van der Waals surface area contributed by atoms with Crippen LogP contribution in [0.2, 0.25) is 5.02 Å². The van der Waals surface area contributed by atoms with Crippen molar-refractivity contribution in [2.24, 2.45) is 0 Å². The van der Waals surface area contributed by atoms with Crippen molar-refractivity contribution in [3.05, 3.63) is 35.5 Å². The van der Waals surface area contributed by atoms with E-state index in [4.69, 9.17) is 16.3 Å². The molecule has 0 fully saturated rings. The molecule has 0 bridgehead atoms. The van der Waals surface area contributed by atoms with Crippen molar-refractivity contribution in [2.75, 3.05) is 6.61 Å². The lowest BCUT2D eigenvalue weighted by Crippen LogP contribution is -2.35. The van der Waals surface area contributed by atoms with Crippen molar-refractivity contribution in [1.82, 2.24) is 10.3 Å². The Morgan fingerprint density at radius 3 is 2.76 bits per heavy atom. The molecule has 0 spiro atoms. The summed E-state index contributed by atoms with van der Waals surface area (Å²) in [7, 11) is 0. The third-order valence-corrected chi connectivity index (χ3v) is 2.30. The third kappa shape index (κ3) is 5.20. The fraction of sp³-hybridized carbons (Fsp3) is 0.462. The quantitative estimate of drug-likeness (QED) is 0.820. The first-order valence-corrected chi connectivity index (χ1v) is 5.93. The van der Waals surface area contributed by atoms with Crippen molar-refractivity contribution in [3.63, 3.8) is 0 Å². The van der Waals surface area contributed by atoms with Crippen LogP contribution in [-0.2, 0) is 6.54 Å². The summed E-state index contributed by atoms with van der Waals surface area (Å²) in [5.74, 6) is 0.450. The van der Waals surface area contributed by atoms with Crippen LogP contribution in [-0.4, -0.2) is 17.1 Å². The van der Waals surface area contributed by atoms with Gasteiger partial charge in [0.15, 0.2) is 0 Å². The Kier molecular flexibility index (Phi) is 4.97. The number of pyridine rings is 1. The molecule has 0 aromatic carbocycles. The fourth-order valence-corrected chi connectivity index (χ4v) is 1.42. The summed E-state index contributed by atoms with van der Waals surface area (Å²) in [6.45, 7) is 11.1. The zero-order valence-electron chi connectivity index (χ0n) is 10.6. The van der Waals surface area contributed by atoms with Crippen LogP contribution in [0.5, 0.6) is 5.88 Å². The predicted molar refractivity (Wildman–Crippen MR) is 71.5 cm³/mol. The highest BCUT2D eigenvalue weighted by Crippen LogP contribution is 2.22. The summed E-state index contributed by atoms with van der Waals surface area (Å²) in [5.41, 5.74) is 1.11. The molecule has 0 aliphatic rings. The highest BCUT2D eigenvalue weighted by Gasteiger charge is 2.10. The Bertz CT molecular complexity index is 385. The Hall–Kier alpha value is -1.06. The zero-order valence-corrected chi connectivity index (χ0v) is 11.3. The molecule has 0 aliphatic heterocycles. The molecular weight excluding hydrogens is 236 g/mol. The minimum Gasteiger partial charge on any atom is -0.472 e. The topological polar surface area (TPSA) is 34.1 Å². The Morgan fingerprint density at radius 1 is 1.53 bits per heavy atom. The van der Waals surface area contributed by atoms with E-state index in [0.29, 0.717) is 17.5 Å². The van der Waals surface area contributed by atoms with Gasteiger partial charge in [0.05, 0.1) is 0 Å². The maximum absolute atomic E-state index is 6.07. The minimum absolute atomic E-state index is 0.0739. The molecule has 1 rings (SSSR count). The molecule has 0 saturated heterocycles. The van der Waals surface area contributed by atoms with Gasteiger partial charge in [-0.25, -0.2) is 4.98 Å². The number of nitrogens with one attached hydrogen (secondary N) is 1. The van der Waals surface area contributed by atoms with Crippen molar-refractivity contribution in [2.45, 2.75) is 32.9 Å². The van der Waals surface area contributed by atoms with Gasteiger partial charge >= 0.3 is 0 Å². The SMILES string of the molecule is C=CCOc1ncc(CNC(C)(C)C)cc1Cl. The summed E-state index contributed by atoms with van der Waals surface area (Å²) >= 11 is 6.07. The van der Waals surface area contributed by atoms with E-state index in [1.807, 2.05) is 6.07 Å². The number of rotatable bonds is 5. The average Bonchev–Trinajstić information content (AvgIpc) is 2.24. The molecule has 1 N–H and O–H groups in total. The molecule has 0 atom stereocenters. The molecule has 3 nitrogen and oxygen atoms in total. The number of hydrogen-bond acceptors (Lipinski definition) is 3. The van der Waals surface area contributed by atoms with E-state index in [1.165, 1.54) is 0 Å². The van der Waals surface area contributed by atoms with Gasteiger partial charge < -0.3 is 10.1 Å². The lowest BCUT2D eigenvalue weighted by Gasteiger charge is -2.20. The first-order valence-electron chi connectivity index (χ1n) is 5.55. The number of halogens is 1. The molecule has 17 heavy (non-hydrogen) atoms. The second-order valence-electron chi connectivity index (χ2n) is 4.83. The molecule has 0 amide bonds. The molecule has 0 unspecified atom stereocenters. The molecule has 4 heteroatoms. The van der Waals surface area contributed by atoms with E-state index in [-0.39, 0.29) is 5.54 Å². The van der Waals surface area contributed by atoms with E-state index >= 15 is 0 Å². The Morgan fingerprint density at radius 2 is 2.24 bits per heavy atom. The van der Waals surface area contributed by atoms with Gasteiger partial charge in [-0.3, -0.25) is 0 Å². The maximum atomic E-state index is 6.07. The van der Waals surface area contributed by atoms with Crippen LogP contribution in [0, 0.1) is 0 Å². The molecule has 0 radical (unpaired) electrons. The van der Waals surface area contributed by atoms with Crippen molar-refractivity contribution in [3.8, 4) is 5.88 Å². The fourth-order valence-electron chi connectivity index (χ4n) is 1.17. The van der Waals surface area contributed by atoms with Gasteiger partial charge in [-0.05, 0) is 32.4 Å². The standard InChI is InChI=1S/C13H19ClN2O/c1-5-6-17-12-11(14)7-10(8-15-12)9-16-13(2,3)4/h5,7-8,16H,1,6,9H2,2-4H3. The largest absolute Gasteiger partial charge is 0.472 e. The minimum atomic E-state index is 0.0739. The molecular formula is C13H19ClN2O. The van der Waals surface area contributed by atoms with Crippen LogP contribution in [0.15, 0.2) is 24.9 Å². The van der Waals surface area contributed by atoms with Crippen LogP contribution < -0.4 is 10.1 Å². The molecule has 1 heterocycles. The van der Waals surface area contributed by atoms with Crippen molar-refractivity contribution >= 4 is 11.6 Å². The molecule has 1 aromatic rings. The second-order valence-corrected chi connectivity index (χ2v) is 5.24. The van der Waals surface area contributed by atoms with Crippen molar-refractivity contribution < 1.29 is 4.74 Å². The van der Waals surface area contributed by atoms with Crippen LogP contribution >= 0.6 is 11.6 Å². The van der Waals surface area contributed by atoms with Crippen LogP contribution in [0.3, 0.4) is 0 Å². The summed E-state index contributed by atoms with van der Waals surface area (Å²) in [6, 6.07) is 1.87. The maximum Gasteiger partial charge on any atom is 0.232 e. The van der Waals surface area contributed by atoms with Crippen LogP contribution in [0.1, 0.15) is 26.3 Å². The van der Waals surface area contributed by atoms with E-state index < -0.39 is 0 Å². The first-order chi connectivity index (χ1) is 7.92. The monoisotopic (exact) mass is 254 g/mol. The van der Waals surface area contributed by atoms with Gasteiger partial charge in [0.2, 0.25) is 5.88 Å². The highest BCUT2D eigenvalue weighted by atomic mass is 35.5. The van der Waals surface area contributed by atoms with Crippen molar-refractivity contribution in [1.29, 1.82) is 0 Å². The van der Waals surface area contributed by atoms with E-state index in [1.54, 1.807) is 12.3 Å². The van der Waals surface area contributed by atoms with E-state index in [9.17, 15) is 0 Å². The average molecular weight is 255 g/mol. The van der Waals surface area contributed by atoms with Gasteiger partial charge in [0, 0.05) is 18.3 Å². The van der Waals surface area contributed by atoms with E-state index in [0.717, 1.165) is 12.1 Å². The lowest BCUT2D eigenvalue weighted by atomic mass is 10.1. The summed E-state index contributed by atoms with van der Waals surface area (Å²) in [6.07, 6.45) is 3.43. The van der Waals surface area contributed by atoms with Crippen LogP contribution in [0.25, 0.3) is 0 Å². The zero-order chi connectivity index (χ0) is 12.9. The number of nitrogens with zero attached hydrogens (tertiary/aromatic N) is 1. The van der Waals surface area contributed by atoms with Gasteiger partial charge in [-0.2, -0.15) is 0 Å². The third-order valence-electron chi connectivity index (χ3n) is 2.02. The van der Waals surface area contributed by atoms with Gasteiger partial charge in [-0.15, -0.1) is 0 Å². The number of aromatic nitrogens is 1. The van der Waals surface area contributed by atoms with E-state index in [2.05, 4.69) is 37.7 Å². The summed E-state index contributed by atoms with van der Waals surface area (Å²) < 4.78 is 5.30. The summed E-state index contributed by atoms with van der Waals surface area (Å²) in [5, 5.41) is 3.90. The smallest absolute Gasteiger partial charge is 0.232 e. The number of ether oxygens (including phenoxy) is 1.